The molecule has 0 fully saturated rings. The summed E-state index contributed by atoms with van der Waals surface area (Å²) >= 11 is 5.73. The maximum absolute atomic E-state index is 12.2. The van der Waals surface area contributed by atoms with Gasteiger partial charge in [0.05, 0.1) is 6.10 Å². The Hall–Kier alpha value is -0.780. The van der Waals surface area contributed by atoms with Crippen LogP contribution in [0.15, 0.2) is 24.3 Å². The SMILES string of the molecule is N[C@H](C[C@@H](O)c1ccccc1Cl)C(F)(F)F. The van der Waals surface area contributed by atoms with E-state index in [4.69, 9.17) is 17.3 Å². The Kier molecular flexibility index (Phi) is 4.18. The first-order valence-corrected chi connectivity index (χ1v) is 4.95. The van der Waals surface area contributed by atoms with Crippen molar-refractivity contribution in [1.82, 2.24) is 0 Å². The Labute approximate surface area is 95.8 Å². The predicted octanol–water partition coefficient (Wildman–Crippen LogP) is 2.65. The summed E-state index contributed by atoms with van der Waals surface area (Å²) in [6.45, 7) is 0. The van der Waals surface area contributed by atoms with E-state index >= 15 is 0 Å². The van der Waals surface area contributed by atoms with E-state index in [9.17, 15) is 18.3 Å². The van der Waals surface area contributed by atoms with E-state index < -0.39 is 24.7 Å². The fraction of sp³-hybridized carbons (Fsp3) is 0.400. The fourth-order valence-electron chi connectivity index (χ4n) is 1.25. The molecular formula is C10H11ClF3NO. The van der Waals surface area contributed by atoms with Crippen molar-refractivity contribution in [3.05, 3.63) is 34.9 Å². The molecule has 0 saturated heterocycles. The summed E-state index contributed by atoms with van der Waals surface area (Å²) in [5.74, 6) is 0. The third-order valence-electron chi connectivity index (χ3n) is 2.16. The van der Waals surface area contributed by atoms with Gasteiger partial charge in [0.2, 0.25) is 0 Å². The molecule has 0 saturated carbocycles. The highest BCUT2D eigenvalue weighted by atomic mass is 35.5. The van der Waals surface area contributed by atoms with Gasteiger partial charge in [-0.15, -0.1) is 0 Å². The number of aliphatic hydroxyl groups is 1. The number of benzene rings is 1. The van der Waals surface area contributed by atoms with Crippen LogP contribution in [0, 0.1) is 0 Å². The Balaban J connectivity index is 2.73. The number of nitrogens with two attached hydrogens (primary N) is 1. The summed E-state index contributed by atoms with van der Waals surface area (Å²) in [6, 6.07) is 4.12. The normalized spacial score (nSPS) is 15.9. The van der Waals surface area contributed by atoms with Crippen LogP contribution in [0.4, 0.5) is 13.2 Å². The average molecular weight is 254 g/mol. The molecule has 0 bridgehead atoms. The zero-order chi connectivity index (χ0) is 12.3. The van der Waals surface area contributed by atoms with Crippen molar-refractivity contribution in [1.29, 1.82) is 0 Å². The van der Waals surface area contributed by atoms with Crippen molar-refractivity contribution < 1.29 is 18.3 Å². The van der Waals surface area contributed by atoms with Crippen LogP contribution >= 0.6 is 11.6 Å². The van der Waals surface area contributed by atoms with E-state index in [1.54, 1.807) is 12.1 Å². The molecule has 0 aliphatic carbocycles. The van der Waals surface area contributed by atoms with Crippen molar-refractivity contribution in [2.45, 2.75) is 24.7 Å². The third kappa shape index (κ3) is 3.37. The van der Waals surface area contributed by atoms with Gasteiger partial charge in [0.15, 0.2) is 0 Å². The van der Waals surface area contributed by atoms with E-state index in [1.165, 1.54) is 12.1 Å². The number of hydrogen-bond acceptors (Lipinski definition) is 2. The van der Waals surface area contributed by atoms with Crippen molar-refractivity contribution in [3.63, 3.8) is 0 Å². The lowest BCUT2D eigenvalue weighted by Crippen LogP contribution is -2.38. The van der Waals surface area contributed by atoms with Crippen LogP contribution in [-0.2, 0) is 0 Å². The van der Waals surface area contributed by atoms with Crippen LogP contribution in [0.1, 0.15) is 18.1 Å². The largest absolute Gasteiger partial charge is 0.403 e. The van der Waals surface area contributed by atoms with E-state index in [0.29, 0.717) is 0 Å². The summed E-state index contributed by atoms with van der Waals surface area (Å²) in [5, 5.41) is 9.80. The molecule has 1 rings (SSSR count). The van der Waals surface area contributed by atoms with Crippen LogP contribution in [0.25, 0.3) is 0 Å². The van der Waals surface area contributed by atoms with Gasteiger partial charge < -0.3 is 10.8 Å². The van der Waals surface area contributed by atoms with Crippen LogP contribution in [0.3, 0.4) is 0 Å². The number of alkyl halides is 3. The zero-order valence-corrected chi connectivity index (χ0v) is 8.96. The summed E-state index contributed by atoms with van der Waals surface area (Å²) < 4.78 is 36.5. The second kappa shape index (κ2) is 5.03. The molecule has 0 radical (unpaired) electrons. The molecule has 1 aromatic carbocycles. The molecule has 90 valence electrons. The Morgan fingerprint density at radius 3 is 2.38 bits per heavy atom. The summed E-state index contributed by atoms with van der Waals surface area (Å²) in [5.41, 5.74) is 5.16. The van der Waals surface area contributed by atoms with Crippen molar-refractivity contribution >= 4 is 11.6 Å². The molecule has 0 heterocycles. The highest BCUT2D eigenvalue weighted by Gasteiger charge is 2.38. The lowest BCUT2D eigenvalue weighted by molar-refractivity contribution is -0.153. The van der Waals surface area contributed by atoms with Crippen molar-refractivity contribution in [2.24, 2.45) is 5.73 Å². The van der Waals surface area contributed by atoms with Gasteiger partial charge in [-0.1, -0.05) is 29.8 Å². The van der Waals surface area contributed by atoms with E-state index in [1.807, 2.05) is 0 Å². The Morgan fingerprint density at radius 1 is 1.31 bits per heavy atom. The molecule has 16 heavy (non-hydrogen) atoms. The first-order valence-electron chi connectivity index (χ1n) is 4.57. The van der Waals surface area contributed by atoms with E-state index in [0.717, 1.165) is 0 Å². The molecule has 6 heteroatoms. The van der Waals surface area contributed by atoms with Crippen LogP contribution in [-0.4, -0.2) is 17.3 Å². The molecule has 0 amide bonds. The number of rotatable bonds is 3. The van der Waals surface area contributed by atoms with Crippen LogP contribution < -0.4 is 5.73 Å². The monoisotopic (exact) mass is 253 g/mol. The minimum atomic E-state index is -4.51. The number of aliphatic hydroxyl groups excluding tert-OH is 1. The Morgan fingerprint density at radius 2 is 1.88 bits per heavy atom. The van der Waals surface area contributed by atoms with Gasteiger partial charge in [-0.05, 0) is 11.6 Å². The van der Waals surface area contributed by atoms with Crippen LogP contribution in [0.2, 0.25) is 5.02 Å². The summed E-state index contributed by atoms with van der Waals surface area (Å²) in [6.07, 6.45) is -6.43. The molecule has 0 unspecified atom stereocenters. The summed E-state index contributed by atoms with van der Waals surface area (Å²) in [7, 11) is 0. The standard InChI is InChI=1S/C10H11ClF3NO/c11-7-4-2-1-3-6(7)8(16)5-9(15)10(12,13)14/h1-4,8-9,16H,5,15H2/t8-,9-/m1/s1. The van der Waals surface area contributed by atoms with E-state index in [2.05, 4.69) is 0 Å². The van der Waals surface area contributed by atoms with Gasteiger partial charge >= 0.3 is 6.18 Å². The maximum Gasteiger partial charge on any atom is 0.403 e. The molecular weight excluding hydrogens is 243 g/mol. The molecule has 3 N–H and O–H groups in total. The van der Waals surface area contributed by atoms with Crippen LogP contribution in [0.5, 0.6) is 0 Å². The topological polar surface area (TPSA) is 46.2 Å². The molecule has 1 aromatic rings. The average Bonchev–Trinajstić information content (AvgIpc) is 2.16. The third-order valence-corrected chi connectivity index (χ3v) is 2.51. The zero-order valence-electron chi connectivity index (χ0n) is 8.21. The van der Waals surface area contributed by atoms with Crippen molar-refractivity contribution in [2.75, 3.05) is 0 Å². The fourth-order valence-corrected chi connectivity index (χ4v) is 1.51. The highest BCUT2D eigenvalue weighted by Crippen LogP contribution is 2.29. The van der Waals surface area contributed by atoms with Crippen molar-refractivity contribution in [3.8, 4) is 0 Å². The smallest absolute Gasteiger partial charge is 0.388 e. The second-order valence-electron chi connectivity index (χ2n) is 3.42. The summed E-state index contributed by atoms with van der Waals surface area (Å²) in [4.78, 5) is 0. The van der Waals surface area contributed by atoms with Gasteiger partial charge in [-0.3, -0.25) is 0 Å². The first kappa shape index (κ1) is 13.3. The minimum Gasteiger partial charge on any atom is -0.388 e. The molecule has 0 aliphatic heterocycles. The second-order valence-corrected chi connectivity index (χ2v) is 3.83. The van der Waals surface area contributed by atoms with Gasteiger partial charge in [-0.2, -0.15) is 13.2 Å². The predicted molar refractivity (Wildman–Crippen MR) is 55.1 cm³/mol. The maximum atomic E-state index is 12.2. The lowest BCUT2D eigenvalue weighted by atomic mass is 10.0. The molecule has 0 aliphatic rings. The van der Waals surface area contributed by atoms with E-state index in [-0.39, 0.29) is 10.6 Å². The Bertz CT molecular complexity index is 356. The molecule has 0 spiro atoms. The van der Waals surface area contributed by atoms with Gasteiger partial charge in [0.25, 0.3) is 0 Å². The van der Waals surface area contributed by atoms with Gasteiger partial charge in [0.1, 0.15) is 6.04 Å². The minimum absolute atomic E-state index is 0.226. The number of hydrogen-bond donors (Lipinski definition) is 2. The molecule has 2 nitrogen and oxygen atoms in total. The molecule has 0 aromatic heterocycles. The van der Waals surface area contributed by atoms with Gasteiger partial charge in [0, 0.05) is 11.4 Å². The highest BCUT2D eigenvalue weighted by molar-refractivity contribution is 6.31. The lowest BCUT2D eigenvalue weighted by Gasteiger charge is -2.19. The van der Waals surface area contributed by atoms with Gasteiger partial charge in [-0.25, -0.2) is 0 Å². The first-order chi connectivity index (χ1) is 7.32. The quantitative estimate of drug-likeness (QED) is 0.870. The molecule has 2 atom stereocenters. The number of halogens is 4.